The molecule has 1 atom stereocenters. The second-order valence-electron chi connectivity index (χ2n) is 4.87. The lowest BCUT2D eigenvalue weighted by atomic mass is 10.2. The van der Waals surface area contributed by atoms with Crippen LogP contribution in [0.3, 0.4) is 0 Å². The molecule has 1 fully saturated rings. The van der Waals surface area contributed by atoms with Crippen molar-refractivity contribution >= 4 is 5.91 Å². The van der Waals surface area contributed by atoms with E-state index >= 15 is 0 Å². The molecule has 2 aromatic heterocycles. The zero-order chi connectivity index (χ0) is 14.8. The summed E-state index contributed by atoms with van der Waals surface area (Å²) >= 11 is 0. The van der Waals surface area contributed by atoms with Gasteiger partial charge >= 0.3 is 0 Å². The summed E-state index contributed by atoms with van der Waals surface area (Å²) in [4.78, 5) is 32.3. The average Bonchev–Trinajstić information content (AvgIpc) is 2.94. The highest BCUT2D eigenvalue weighted by molar-refractivity contribution is 5.92. The number of morpholine rings is 1. The minimum atomic E-state index is -0.336. The molecule has 0 bridgehead atoms. The maximum atomic E-state index is 12.3. The Morgan fingerprint density at radius 2 is 2.33 bits per heavy atom. The third kappa shape index (κ3) is 2.84. The molecule has 8 heteroatoms. The van der Waals surface area contributed by atoms with Gasteiger partial charge in [-0.15, -0.1) is 0 Å². The summed E-state index contributed by atoms with van der Waals surface area (Å²) in [5.74, 6) is 0.474. The van der Waals surface area contributed by atoms with Gasteiger partial charge in [-0.3, -0.25) is 9.59 Å². The van der Waals surface area contributed by atoms with Crippen LogP contribution in [-0.4, -0.2) is 50.7 Å². The number of H-pyrrole nitrogens is 2. The molecule has 0 saturated carbocycles. The van der Waals surface area contributed by atoms with Crippen molar-refractivity contribution in [2.75, 3.05) is 19.7 Å². The van der Waals surface area contributed by atoms with Crippen molar-refractivity contribution < 1.29 is 9.53 Å². The molecule has 0 aromatic carbocycles. The minimum Gasteiger partial charge on any atom is -0.367 e. The van der Waals surface area contributed by atoms with Crippen LogP contribution in [0.2, 0.25) is 0 Å². The monoisotopic (exact) mass is 289 g/mol. The molecule has 0 aliphatic carbocycles. The molecule has 1 saturated heterocycles. The number of ether oxygens (including phenoxy) is 1. The first kappa shape index (κ1) is 13.5. The van der Waals surface area contributed by atoms with Gasteiger partial charge in [0.25, 0.3) is 11.5 Å². The van der Waals surface area contributed by atoms with E-state index in [9.17, 15) is 9.59 Å². The molecular weight excluding hydrogens is 274 g/mol. The largest absolute Gasteiger partial charge is 0.367 e. The summed E-state index contributed by atoms with van der Waals surface area (Å²) < 4.78 is 5.65. The van der Waals surface area contributed by atoms with Gasteiger partial charge in [-0.25, -0.2) is 10.1 Å². The van der Waals surface area contributed by atoms with Crippen LogP contribution < -0.4 is 5.56 Å². The lowest BCUT2D eigenvalue weighted by Gasteiger charge is -2.31. The van der Waals surface area contributed by atoms with E-state index in [1.165, 1.54) is 12.1 Å². The highest BCUT2D eigenvalue weighted by Gasteiger charge is 2.28. The standard InChI is InChI=1S/C13H15N5O3/c1-8-6-14-12(15-8)10-7-18(4-5-21-10)13(20)9-2-3-11(19)17-16-9/h2-3,6,10H,4-5,7H2,1H3,(H,14,15)(H,17,19). The summed E-state index contributed by atoms with van der Waals surface area (Å²) in [6.45, 7) is 3.22. The molecule has 0 spiro atoms. The molecule has 2 N–H and O–H groups in total. The fraction of sp³-hybridized carbons (Fsp3) is 0.385. The summed E-state index contributed by atoms with van der Waals surface area (Å²) in [6, 6.07) is 2.71. The number of hydrogen-bond donors (Lipinski definition) is 2. The van der Waals surface area contributed by atoms with E-state index in [2.05, 4.69) is 20.2 Å². The fourth-order valence-corrected chi connectivity index (χ4v) is 2.22. The molecule has 0 radical (unpaired) electrons. The topological polar surface area (TPSA) is 104 Å². The number of aryl methyl sites for hydroxylation is 1. The van der Waals surface area contributed by atoms with Crippen LogP contribution in [0.5, 0.6) is 0 Å². The van der Waals surface area contributed by atoms with Gasteiger partial charge in [0.15, 0.2) is 0 Å². The number of aromatic amines is 2. The molecule has 2 aromatic rings. The van der Waals surface area contributed by atoms with Crippen molar-refractivity contribution in [1.29, 1.82) is 0 Å². The zero-order valence-corrected chi connectivity index (χ0v) is 11.5. The van der Waals surface area contributed by atoms with Gasteiger partial charge in [-0.1, -0.05) is 0 Å². The average molecular weight is 289 g/mol. The van der Waals surface area contributed by atoms with Crippen molar-refractivity contribution in [2.45, 2.75) is 13.0 Å². The van der Waals surface area contributed by atoms with Crippen molar-refractivity contribution in [2.24, 2.45) is 0 Å². The minimum absolute atomic E-state index is 0.214. The van der Waals surface area contributed by atoms with Gasteiger partial charge in [0.2, 0.25) is 0 Å². The normalized spacial score (nSPS) is 18.7. The van der Waals surface area contributed by atoms with Crippen molar-refractivity contribution in [3.8, 4) is 0 Å². The van der Waals surface area contributed by atoms with E-state index in [0.717, 1.165) is 5.69 Å². The van der Waals surface area contributed by atoms with E-state index in [0.29, 0.717) is 25.5 Å². The number of carbonyl (C=O) groups is 1. The number of aromatic nitrogens is 4. The van der Waals surface area contributed by atoms with E-state index in [4.69, 9.17) is 4.74 Å². The van der Waals surface area contributed by atoms with Gasteiger partial charge in [0, 0.05) is 24.5 Å². The molecule has 1 amide bonds. The Morgan fingerprint density at radius 3 is 3.00 bits per heavy atom. The Kier molecular flexibility index (Phi) is 3.53. The lowest BCUT2D eigenvalue weighted by molar-refractivity contribution is -0.0267. The molecule has 110 valence electrons. The first-order chi connectivity index (χ1) is 10.1. The molecule has 21 heavy (non-hydrogen) atoms. The van der Waals surface area contributed by atoms with E-state index in [1.807, 2.05) is 6.92 Å². The van der Waals surface area contributed by atoms with Crippen LogP contribution in [0.4, 0.5) is 0 Å². The van der Waals surface area contributed by atoms with Crippen LogP contribution in [0.15, 0.2) is 23.1 Å². The SMILES string of the molecule is Cc1cnc(C2CN(C(=O)c3ccc(=O)[nH]n3)CCO2)[nH]1. The van der Waals surface area contributed by atoms with Crippen LogP contribution in [0.1, 0.15) is 28.1 Å². The Hall–Kier alpha value is -2.48. The Bertz CT molecular complexity index is 687. The molecule has 8 nitrogen and oxygen atoms in total. The maximum Gasteiger partial charge on any atom is 0.274 e. The van der Waals surface area contributed by atoms with Crippen LogP contribution in [-0.2, 0) is 4.74 Å². The predicted octanol–water partition coefficient (Wildman–Crippen LogP) is 0.0151. The molecule has 3 heterocycles. The van der Waals surface area contributed by atoms with Gasteiger partial charge in [0.1, 0.15) is 17.6 Å². The Morgan fingerprint density at radius 1 is 1.48 bits per heavy atom. The Balaban J connectivity index is 1.75. The quantitative estimate of drug-likeness (QED) is 0.810. The lowest BCUT2D eigenvalue weighted by Crippen LogP contribution is -2.43. The predicted molar refractivity (Wildman–Crippen MR) is 72.8 cm³/mol. The fourth-order valence-electron chi connectivity index (χ4n) is 2.22. The van der Waals surface area contributed by atoms with Gasteiger partial charge in [-0.2, -0.15) is 5.10 Å². The van der Waals surface area contributed by atoms with E-state index in [1.54, 1.807) is 11.1 Å². The first-order valence-electron chi connectivity index (χ1n) is 6.61. The zero-order valence-electron chi connectivity index (χ0n) is 11.5. The Labute approximate surface area is 120 Å². The van der Waals surface area contributed by atoms with Gasteiger partial charge in [-0.05, 0) is 13.0 Å². The maximum absolute atomic E-state index is 12.3. The number of amides is 1. The van der Waals surface area contributed by atoms with Crippen LogP contribution >= 0.6 is 0 Å². The number of nitrogens with one attached hydrogen (secondary N) is 2. The molecular formula is C13H15N5O3. The molecule has 1 aliphatic heterocycles. The number of nitrogens with zero attached hydrogens (tertiary/aromatic N) is 3. The third-order valence-corrected chi connectivity index (χ3v) is 3.28. The summed E-state index contributed by atoms with van der Waals surface area (Å²) in [5, 5.41) is 6.03. The second kappa shape index (κ2) is 5.49. The highest BCUT2D eigenvalue weighted by atomic mass is 16.5. The number of rotatable bonds is 2. The second-order valence-corrected chi connectivity index (χ2v) is 4.87. The van der Waals surface area contributed by atoms with Crippen molar-refractivity contribution in [3.63, 3.8) is 0 Å². The number of imidazole rings is 1. The number of carbonyl (C=O) groups excluding carboxylic acids is 1. The summed E-state index contributed by atoms with van der Waals surface area (Å²) in [5.41, 5.74) is 0.822. The van der Waals surface area contributed by atoms with Gasteiger partial charge < -0.3 is 14.6 Å². The molecule has 3 rings (SSSR count). The first-order valence-corrected chi connectivity index (χ1v) is 6.61. The van der Waals surface area contributed by atoms with E-state index < -0.39 is 0 Å². The van der Waals surface area contributed by atoms with Crippen LogP contribution in [0.25, 0.3) is 0 Å². The smallest absolute Gasteiger partial charge is 0.274 e. The highest BCUT2D eigenvalue weighted by Crippen LogP contribution is 2.20. The van der Waals surface area contributed by atoms with Crippen LogP contribution in [0, 0.1) is 6.92 Å². The summed E-state index contributed by atoms with van der Waals surface area (Å²) in [7, 11) is 0. The number of hydrogen-bond acceptors (Lipinski definition) is 5. The third-order valence-electron chi connectivity index (χ3n) is 3.28. The van der Waals surface area contributed by atoms with Crippen molar-refractivity contribution in [1.82, 2.24) is 25.1 Å². The molecule has 1 unspecified atom stereocenters. The van der Waals surface area contributed by atoms with Crippen molar-refractivity contribution in [3.05, 3.63) is 45.9 Å². The molecule has 1 aliphatic rings. The summed E-state index contributed by atoms with van der Waals surface area (Å²) in [6.07, 6.45) is 1.45. The van der Waals surface area contributed by atoms with E-state index in [-0.39, 0.29) is 23.3 Å². The van der Waals surface area contributed by atoms with Gasteiger partial charge in [0.05, 0.1) is 13.2 Å².